The molecule has 0 bridgehead atoms. The fraction of sp³-hybridized carbons (Fsp3) is 0.600. The number of piperidine rings is 1. The maximum atomic E-state index is 13.1. The molecule has 1 amide bonds. The molecular weight excluding hydrogens is 347 g/mol. The maximum Gasteiger partial charge on any atom is 0.264 e. The Kier molecular flexibility index (Phi) is 5.81. The number of carbonyl (C=O) groups is 1. The van der Waals surface area contributed by atoms with Gasteiger partial charge in [0.15, 0.2) is 0 Å². The van der Waals surface area contributed by atoms with Crippen molar-refractivity contribution < 1.29 is 14.0 Å². The molecule has 0 saturated carbocycles. The first-order valence-electron chi connectivity index (χ1n) is 9.46. The van der Waals surface area contributed by atoms with Gasteiger partial charge in [0.1, 0.15) is 5.82 Å². The number of oxime groups is 1. The summed E-state index contributed by atoms with van der Waals surface area (Å²) in [4.78, 5) is 22.7. The predicted molar refractivity (Wildman–Crippen MR) is 103 cm³/mol. The zero-order chi connectivity index (χ0) is 19.6. The van der Waals surface area contributed by atoms with Crippen molar-refractivity contribution in [1.82, 2.24) is 15.1 Å². The number of benzene rings is 1. The Morgan fingerprint density at radius 3 is 2.56 bits per heavy atom. The quantitative estimate of drug-likeness (QED) is 0.850. The van der Waals surface area contributed by atoms with Crippen molar-refractivity contribution in [3.05, 3.63) is 35.6 Å². The van der Waals surface area contributed by atoms with Crippen molar-refractivity contribution >= 4 is 11.6 Å². The Hall–Kier alpha value is -1.99. The standard InChI is InChI=1S/C20H29FN4O2/c1-14-17(15-5-7-16(21)8-6-15)23-27-18(14)19(26)22-13-20(24(2)3)9-11-25(4)12-10-20/h5-8,14,18H,9-13H2,1-4H3,(H,22,26). The first-order chi connectivity index (χ1) is 12.8. The van der Waals surface area contributed by atoms with E-state index >= 15 is 0 Å². The van der Waals surface area contributed by atoms with Gasteiger partial charge in [-0.05, 0) is 64.8 Å². The molecule has 27 heavy (non-hydrogen) atoms. The lowest BCUT2D eigenvalue weighted by Crippen LogP contribution is -2.58. The Morgan fingerprint density at radius 2 is 1.96 bits per heavy atom. The summed E-state index contributed by atoms with van der Waals surface area (Å²) in [5.74, 6) is -0.640. The van der Waals surface area contributed by atoms with Crippen LogP contribution in [0.4, 0.5) is 4.39 Å². The highest BCUT2D eigenvalue weighted by molar-refractivity contribution is 6.05. The molecule has 1 aromatic carbocycles. The molecular formula is C20H29FN4O2. The minimum atomic E-state index is -0.657. The van der Waals surface area contributed by atoms with Gasteiger partial charge in [-0.15, -0.1) is 0 Å². The van der Waals surface area contributed by atoms with Gasteiger partial charge in [-0.25, -0.2) is 4.39 Å². The normalized spacial score (nSPS) is 25.2. The first-order valence-corrected chi connectivity index (χ1v) is 9.46. The topological polar surface area (TPSA) is 57.2 Å². The van der Waals surface area contributed by atoms with Crippen LogP contribution in [0.5, 0.6) is 0 Å². The van der Waals surface area contributed by atoms with Gasteiger partial charge in [0.2, 0.25) is 6.10 Å². The summed E-state index contributed by atoms with van der Waals surface area (Å²) in [5, 5.41) is 7.18. The van der Waals surface area contributed by atoms with E-state index in [0.717, 1.165) is 31.5 Å². The smallest absolute Gasteiger partial charge is 0.264 e. The second kappa shape index (κ2) is 7.94. The molecule has 0 spiro atoms. The highest BCUT2D eigenvalue weighted by atomic mass is 19.1. The summed E-state index contributed by atoms with van der Waals surface area (Å²) in [6.45, 7) is 4.53. The summed E-state index contributed by atoms with van der Waals surface area (Å²) in [5.41, 5.74) is 1.42. The zero-order valence-electron chi connectivity index (χ0n) is 16.5. The number of halogens is 1. The van der Waals surface area contributed by atoms with Crippen LogP contribution in [0.3, 0.4) is 0 Å². The fourth-order valence-electron chi connectivity index (χ4n) is 3.81. The largest absolute Gasteiger partial charge is 0.381 e. The fourth-order valence-corrected chi connectivity index (χ4v) is 3.81. The number of nitrogens with one attached hydrogen (secondary N) is 1. The van der Waals surface area contributed by atoms with Crippen molar-refractivity contribution in [2.24, 2.45) is 11.1 Å². The van der Waals surface area contributed by atoms with Crippen LogP contribution in [0.1, 0.15) is 25.3 Å². The average Bonchev–Trinajstić information content (AvgIpc) is 3.03. The summed E-state index contributed by atoms with van der Waals surface area (Å²) in [7, 11) is 6.27. The van der Waals surface area contributed by atoms with Gasteiger partial charge in [0.05, 0.1) is 11.6 Å². The monoisotopic (exact) mass is 376 g/mol. The van der Waals surface area contributed by atoms with Gasteiger partial charge < -0.3 is 20.0 Å². The van der Waals surface area contributed by atoms with Crippen molar-refractivity contribution in [2.45, 2.75) is 31.4 Å². The van der Waals surface area contributed by atoms with Crippen LogP contribution < -0.4 is 5.32 Å². The molecule has 6 nitrogen and oxygen atoms in total. The molecule has 1 N–H and O–H groups in total. The average molecular weight is 376 g/mol. The minimum Gasteiger partial charge on any atom is -0.381 e. The van der Waals surface area contributed by atoms with E-state index in [1.165, 1.54) is 12.1 Å². The number of amides is 1. The van der Waals surface area contributed by atoms with E-state index in [2.05, 4.69) is 41.4 Å². The highest BCUT2D eigenvalue weighted by Crippen LogP contribution is 2.27. The second-order valence-electron chi connectivity index (χ2n) is 7.94. The molecule has 0 radical (unpaired) electrons. The van der Waals surface area contributed by atoms with Crippen LogP contribution in [0.15, 0.2) is 29.4 Å². The molecule has 2 unspecified atom stereocenters. The molecule has 2 aliphatic heterocycles. The molecule has 1 aromatic rings. The van der Waals surface area contributed by atoms with Crippen LogP contribution in [0.25, 0.3) is 0 Å². The molecule has 2 atom stereocenters. The molecule has 1 saturated heterocycles. The molecule has 3 rings (SSSR count). The van der Waals surface area contributed by atoms with Crippen LogP contribution in [-0.4, -0.2) is 73.8 Å². The number of carbonyl (C=O) groups excluding carboxylic acids is 1. The van der Waals surface area contributed by atoms with E-state index < -0.39 is 6.10 Å². The highest BCUT2D eigenvalue weighted by Gasteiger charge is 2.40. The number of nitrogens with zero attached hydrogens (tertiary/aromatic N) is 3. The molecule has 2 aliphatic rings. The van der Waals surface area contributed by atoms with Gasteiger partial charge in [0.25, 0.3) is 5.91 Å². The van der Waals surface area contributed by atoms with E-state index in [1.807, 2.05) is 6.92 Å². The Morgan fingerprint density at radius 1 is 1.33 bits per heavy atom. The van der Waals surface area contributed by atoms with E-state index in [0.29, 0.717) is 12.3 Å². The van der Waals surface area contributed by atoms with Gasteiger partial charge in [-0.3, -0.25) is 4.79 Å². The van der Waals surface area contributed by atoms with Crippen molar-refractivity contribution in [2.75, 3.05) is 40.8 Å². The number of hydrogen-bond acceptors (Lipinski definition) is 5. The lowest BCUT2D eigenvalue weighted by atomic mass is 9.86. The van der Waals surface area contributed by atoms with Gasteiger partial charge in [-0.1, -0.05) is 24.2 Å². The third-order valence-corrected chi connectivity index (χ3v) is 6.01. The van der Waals surface area contributed by atoms with Gasteiger partial charge >= 0.3 is 0 Å². The van der Waals surface area contributed by atoms with E-state index in [9.17, 15) is 9.18 Å². The van der Waals surface area contributed by atoms with Crippen molar-refractivity contribution in [3.8, 4) is 0 Å². The maximum absolute atomic E-state index is 13.1. The third-order valence-electron chi connectivity index (χ3n) is 6.01. The third kappa shape index (κ3) is 4.14. The Labute approximate surface area is 160 Å². The number of hydrogen-bond donors (Lipinski definition) is 1. The molecule has 0 aliphatic carbocycles. The number of rotatable bonds is 5. The summed E-state index contributed by atoms with van der Waals surface area (Å²) >= 11 is 0. The first kappa shape index (κ1) is 19.8. The van der Waals surface area contributed by atoms with E-state index in [1.54, 1.807) is 12.1 Å². The summed E-state index contributed by atoms with van der Waals surface area (Å²) < 4.78 is 13.1. The second-order valence-corrected chi connectivity index (χ2v) is 7.94. The minimum absolute atomic E-state index is 0.0370. The number of likely N-dealkylation sites (N-methyl/N-ethyl adjacent to an activating group) is 1. The van der Waals surface area contributed by atoms with Crippen LogP contribution >= 0.6 is 0 Å². The number of likely N-dealkylation sites (tertiary alicyclic amines) is 1. The van der Waals surface area contributed by atoms with Crippen LogP contribution in [-0.2, 0) is 9.63 Å². The van der Waals surface area contributed by atoms with Gasteiger partial charge in [0, 0.05) is 12.1 Å². The van der Waals surface area contributed by atoms with Crippen molar-refractivity contribution in [1.29, 1.82) is 0 Å². The van der Waals surface area contributed by atoms with E-state index in [4.69, 9.17) is 4.84 Å². The van der Waals surface area contributed by atoms with Gasteiger partial charge in [-0.2, -0.15) is 0 Å². The molecule has 0 aromatic heterocycles. The molecule has 2 heterocycles. The van der Waals surface area contributed by atoms with Crippen molar-refractivity contribution in [3.63, 3.8) is 0 Å². The molecule has 148 valence electrons. The van der Waals surface area contributed by atoms with E-state index in [-0.39, 0.29) is 23.2 Å². The summed E-state index contributed by atoms with van der Waals surface area (Å²) in [6, 6.07) is 6.10. The molecule has 7 heteroatoms. The zero-order valence-corrected chi connectivity index (χ0v) is 16.5. The van der Waals surface area contributed by atoms with Crippen LogP contribution in [0, 0.1) is 11.7 Å². The Balaban J connectivity index is 1.61. The lowest BCUT2D eigenvalue weighted by Gasteiger charge is -2.45. The SMILES string of the molecule is CC1C(c2ccc(F)cc2)=NOC1C(=O)NCC1(N(C)C)CCN(C)CC1. The van der Waals surface area contributed by atoms with Crippen LogP contribution in [0.2, 0.25) is 0 Å². The molecule has 1 fully saturated rings. The lowest BCUT2D eigenvalue weighted by molar-refractivity contribution is -0.133. The summed E-state index contributed by atoms with van der Waals surface area (Å²) in [6.07, 6.45) is 1.36. The predicted octanol–water partition coefficient (Wildman–Crippen LogP) is 1.71. The Bertz CT molecular complexity index is 696.